The summed E-state index contributed by atoms with van der Waals surface area (Å²) in [6.07, 6.45) is -10.5. The third-order valence-corrected chi connectivity index (χ3v) is 4.79. The smallest absolute Gasteiger partial charge is 0.417 e. The Hall–Kier alpha value is -2.86. The fraction of sp³-hybridized carbons (Fsp3) is 0.429. The molecule has 1 aliphatic heterocycles. The molecule has 0 amide bonds. The van der Waals surface area contributed by atoms with E-state index in [9.17, 15) is 31.1 Å². The van der Waals surface area contributed by atoms with Crippen molar-refractivity contribution in [2.75, 3.05) is 39.5 Å². The molecule has 1 aromatic carbocycles. The predicted molar refractivity (Wildman–Crippen MR) is 102 cm³/mol. The van der Waals surface area contributed by atoms with Gasteiger partial charge in [-0.1, -0.05) is 12.1 Å². The molecule has 6 nitrogen and oxygen atoms in total. The molecule has 0 spiro atoms. The molecule has 1 unspecified atom stereocenters. The molecule has 1 saturated heterocycles. The van der Waals surface area contributed by atoms with Crippen LogP contribution in [-0.2, 0) is 26.6 Å². The monoisotopic (exact) mass is 478 g/mol. The first-order chi connectivity index (χ1) is 15.5. The predicted octanol–water partition coefficient (Wildman–Crippen LogP) is 4.11. The van der Waals surface area contributed by atoms with E-state index >= 15 is 0 Å². The summed E-state index contributed by atoms with van der Waals surface area (Å²) in [7, 11) is 0. The number of carbonyl (C=O) groups excluding carboxylic acids is 1. The van der Waals surface area contributed by atoms with Gasteiger partial charge in [0, 0.05) is 37.5 Å². The lowest BCUT2D eigenvalue weighted by atomic mass is 10.1. The minimum atomic E-state index is -4.67. The zero-order valence-electron chi connectivity index (χ0n) is 17.2. The summed E-state index contributed by atoms with van der Waals surface area (Å²) < 4.78 is 93.5. The Morgan fingerprint density at radius 2 is 1.73 bits per heavy atom. The van der Waals surface area contributed by atoms with E-state index in [0.29, 0.717) is 45.1 Å². The summed E-state index contributed by atoms with van der Waals surface area (Å²) >= 11 is 0. The van der Waals surface area contributed by atoms with E-state index in [1.54, 1.807) is 0 Å². The van der Waals surface area contributed by atoms with E-state index in [0.717, 1.165) is 24.3 Å². The summed E-state index contributed by atoms with van der Waals surface area (Å²) in [6, 6.07) is 5.43. The van der Waals surface area contributed by atoms with Crippen molar-refractivity contribution < 1.29 is 45.3 Å². The molecule has 12 heteroatoms. The molecule has 1 aliphatic rings. The number of carbonyl (C=O) groups is 1. The Morgan fingerprint density at radius 3 is 2.33 bits per heavy atom. The molecule has 0 saturated carbocycles. The first kappa shape index (κ1) is 24.8. The molecule has 2 aromatic rings. The molecule has 33 heavy (non-hydrogen) atoms. The van der Waals surface area contributed by atoms with E-state index in [2.05, 4.69) is 4.98 Å². The number of alkyl halides is 6. The van der Waals surface area contributed by atoms with Crippen LogP contribution in [0.5, 0.6) is 5.88 Å². The van der Waals surface area contributed by atoms with E-state index in [1.165, 1.54) is 6.07 Å². The van der Waals surface area contributed by atoms with Crippen LogP contribution < -0.4 is 4.74 Å². The maximum absolute atomic E-state index is 13.1. The van der Waals surface area contributed by atoms with E-state index < -0.39 is 35.6 Å². The van der Waals surface area contributed by atoms with Gasteiger partial charge < -0.3 is 14.2 Å². The molecular formula is C21H20F6N2O4. The summed E-state index contributed by atoms with van der Waals surface area (Å²) in [5.41, 5.74) is -2.24. The fourth-order valence-corrected chi connectivity index (χ4v) is 3.04. The van der Waals surface area contributed by atoms with Crippen LogP contribution in [0.25, 0.3) is 0 Å². The number of esters is 1. The highest BCUT2D eigenvalue weighted by atomic mass is 19.4. The van der Waals surface area contributed by atoms with Crippen molar-refractivity contribution in [2.45, 2.75) is 18.5 Å². The Bertz CT molecular complexity index is 928. The zero-order chi connectivity index (χ0) is 24.1. The topological polar surface area (TPSA) is 60.9 Å². The third-order valence-electron chi connectivity index (χ3n) is 4.79. The van der Waals surface area contributed by atoms with Gasteiger partial charge >= 0.3 is 18.3 Å². The van der Waals surface area contributed by atoms with Gasteiger partial charge in [0.05, 0.1) is 24.3 Å². The van der Waals surface area contributed by atoms with Crippen molar-refractivity contribution in [3.8, 4) is 5.88 Å². The first-order valence-electron chi connectivity index (χ1n) is 9.88. The van der Waals surface area contributed by atoms with Gasteiger partial charge in [-0.2, -0.15) is 26.3 Å². The van der Waals surface area contributed by atoms with Crippen LogP contribution in [0.2, 0.25) is 0 Å². The third kappa shape index (κ3) is 7.06. The van der Waals surface area contributed by atoms with Crippen LogP contribution in [0.1, 0.15) is 22.8 Å². The van der Waals surface area contributed by atoms with Crippen molar-refractivity contribution >= 4 is 5.97 Å². The van der Waals surface area contributed by atoms with Crippen LogP contribution in [0.15, 0.2) is 42.6 Å². The number of aromatic nitrogens is 1. The molecule has 2 heterocycles. The summed E-state index contributed by atoms with van der Waals surface area (Å²) in [5.74, 6) is -1.38. The molecule has 1 aromatic heterocycles. The number of ether oxygens (including phenoxy) is 3. The van der Waals surface area contributed by atoms with Crippen LogP contribution >= 0.6 is 0 Å². The number of pyridine rings is 1. The van der Waals surface area contributed by atoms with Gasteiger partial charge in [-0.25, -0.2) is 9.78 Å². The summed E-state index contributed by atoms with van der Waals surface area (Å²) in [5, 5.41) is 0. The Balaban J connectivity index is 1.77. The second kappa shape index (κ2) is 10.4. The minimum absolute atomic E-state index is 0.0574. The van der Waals surface area contributed by atoms with Gasteiger partial charge in [0.25, 0.3) is 0 Å². The van der Waals surface area contributed by atoms with Gasteiger partial charge in [0.1, 0.15) is 6.61 Å². The number of hydrogen-bond donors (Lipinski definition) is 0. The molecule has 0 bridgehead atoms. The molecule has 1 fully saturated rings. The summed E-state index contributed by atoms with van der Waals surface area (Å²) in [4.78, 5) is 18.2. The molecule has 3 rings (SSSR count). The SMILES string of the molecule is O=C(OCCN1CCOCC1)C(Oc1ccc(C(F)(F)F)cn1)c1cccc(C(F)(F)F)c1. The highest BCUT2D eigenvalue weighted by Gasteiger charge is 2.34. The van der Waals surface area contributed by atoms with Gasteiger partial charge in [-0.05, 0) is 18.2 Å². The van der Waals surface area contributed by atoms with Crippen molar-refractivity contribution in [3.63, 3.8) is 0 Å². The molecule has 180 valence electrons. The van der Waals surface area contributed by atoms with Crippen molar-refractivity contribution in [1.29, 1.82) is 0 Å². The van der Waals surface area contributed by atoms with Crippen molar-refractivity contribution in [2.24, 2.45) is 0 Å². The lowest BCUT2D eigenvalue weighted by Crippen LogP contribution is -2.38. The highest BCUT2D eigenvalue weighted by Crippen LogP contribution is 2.33. The molecule has 0 radical (unpaired) electrons. The second-order valence-electron chi connectivity index (χ2n) is 7.13. The molecular weight excluding hydrogens is 458 g/mol. The zero-order valence-corrected chi connectivity index (χ0v) is 17.2. The molecule has 0 aliphatic carbocycles. The van der Waals surface area contributed by atoms with Crippen molar-refractivity contribution in [1.82, 2.24) is 9.88 Å². The van der Waals surface area contributed by atoms with Crippen LogP contribution in [0.3, 0.4) is 0 Å². The van der Waals surface area contributed by atoms with E-state index in [1.807, 2.05) is 4.90 Å². The Morgan fingerprint density at radius 1 is 1.03 bits per heavy atom. The van der Waals surface area contributed by atoms with E-state index in [4.69, 9.17) is 14.2 Å². The van der Waals surface area contributed by atoms with Gasteiger partial charge in [-0.3, -0.25) is 4.90 Å². The normalized spacial score (nSPS) is 16.3. The minimum Gasteiger partial charge on any atom is -0.461 e. The lowest BCUT2D eigenvalue weighted by molar-refractivity contribution is -0.153. The van der Waals surface area contributed by atoms with E-state index in [-0.39, 0.29) is 18.1 Å². The van der Waals surface area contributed by atoms with Crippen molar-refractivity contribution in [3.05, 3.63) is 59.3 Å². The quantitative estimate of drug-likeness (QED) is 0.441. The Kier molecular flexibility index (Phi) is 7.80. The fourth-order valence-electron chi connectivity index (χ4n) is 3.04. The van der Waals surface area contributed by atoms with Crippen LogP contribution in [0, 0.1) is 0 Å². The Labute approximate surface area is 185 Å². The number of benzene rings is 1. The van der Waals surface area contributed by atoms with Crippen LogP contribution in [-0.4, -0.2) is 55.3 Å². The average molecular weight is 478 g/mol. The standard InChI is InChI=1S/C21H20F6N2O4/c22-20(23,24)15-3-1-2-14(12-15)18(19(30)32-11-8-29-6-9-31-10-7-29)33-17-5-4-16(13-28-17)21(25,26)27/h1-5,12-13,18H,6-11H2. The molecule has 1 atom stereocenters. The maximum Gasteiger partial charge on any atom is 0.417 e. The summed E-state index contributed by atoms with van der Waals surface area (Å²) in [6.45, 7) is 2.66. The second-order valence-corrected chi connectivity index (χ2v) is 7.13. The number of halogens is 6. The molecule has 0 N–H and O–H groups in total. The number of hydrogen-bond acceptors (Lipinski definition) is 6. The number of morpholine rings is 1. The van der Waals surface area contributed by atoms with Gasteiger partial charge in [0.2, 0.25) is 12.0 Å². The first-order valence-corrected chi connectivity index (χ1v) is 9.88. The lowest BCUT2D eigenvalue weighted by Gasteiger charge is -2.26. The number of rotatable bonds is 7. The highest BCUT2D eigenvalue weighted by molar-refractivity contribution is 5.77. The van der Waals surface area contributed by atoms with Gasteiger partial charge in [0.15, 0.2) is 0 Å². The largest absolute Gasteiger partial charge is 0.461 e. The number of nitrogens with zero attached hydrogens (tertiary/aromatic N) is 2. The average Bonchev–Trinajstić information content (AvgIpc) is 2.77. The maximum atomic E-state index is 13.1. The van der Waals surface area contributed by atoms with Gasteiger partial charge in [-0.15, -0.1) is 0 Å². The van der Waals surface area contributed by atoms with Crippen LogP contribution in [0.4, 0.5) is 26.3 Å².